The maximum atomic E-state index is 13.8. The molecule has 0 spiro atoms. The second-order valence-corrected chi connectivity index (χ2v) is 11.2. The van der Waals surface area contributed by atoms with Crippen LogP contribution in [-0.2, 0) is 54.8 Å². The van der Waals surface area contributed by atoms with Crippen molar-refractivity contribution < 1.29 is 33.4 Å². The zero-order chi connectivity index (χ0) is 33.6. The van der Waals surface area contributed by atoms with Gasteiger partial charge in [-0.05, 0) is 34.7 Å². The van der Waals surface area contributed by atoms with Gasteiger partial charge in [-0.1, -0.05) is 109 Å². The fraction of sp³-hybridized carbons (Fsp3) is 0.211. The molecule has 0 aliphatic carbocycles. The van der Waals surface area contributed by atoms with E-state index < -0.39 is 36.0 Å². The number of alkyl carbamates (subject to hydrolysis) is 1. The minimum Gasteiger partial charge on any atom is -0.461 e. The number of hydrogen-bond acceptors (Lipinski definition) is 7. The van der Waals surface area contributed by atoms with Gasteiger partial charge < -0.3 is 29.8 Å². The van der Waals surface area contributed by atoms with E-state index in [9.17, 15) is 19.2 Å². The summed E-state index contributed by atoms with van der Waals surface area (Å²) in [5.41, 5.74) is 4.02. The Balaban J connectivity index is 1.29. The predicted molar refractivity (Wildman–Crippen MR) is 179 cm³/mol. The lowest BCUT2D eigenvalue weighted by Gasteiger charge is -2.22. The third-order valence-corrected chi connectivity index (χ3v) is 7.62. The second kappa shape index (κ2) is 17.1. The van der Waals surface area contributed by atoms with Crippen molar-refractivity contribution in [3.05, 3.63) is 144 Å². The Kier molecular flexibility index (Phi) is 11.9. The fourth-order valence-corrected chi connectivity index (χ4v) is 5.06. The van der Waals surface area contributed by atoms with Crippen molar-refractivity contribution >= 4 is 34.8 Å². The van der Waals surface area contributed by atoms with Crippen LogP contribution < -0.4 is 10.6 Å². The molecule has 0 bridgehead atoms. The van der Waals surface area contributed by atoms with Gasteiger partial charge in [0.2, 0.25) is 5.91 Å². The third-order valence-electron chi connectivity index (χ3n) is 7.62. The van der Waals surface area contributed by atoms with Gasteiger partial charge in [-0.2, -0.15) is 0 Å². The quantitative estimate of drug-likeness (QED) is 0.0972. The first-order valence-electron chi connectivity index (χ1n) is 15.7. The van der Waals surface area contributed by atoms with Gasteiger partial charge in [0.05, 0.1) is 0 Å². The molecule has 2 amide bonds. The predicted octanol–water partition coefficient (Wildman–Crippen LogP) is 5.76. The summed E-state index contributed by atoms with van der Waals surface area (Å²) in [7, 11) is 0. The Morgan fingerprint density at radius 3 is 1.77 bits per heavy atom. The lowest BCUT2D eigenvalue weighted by molar-refractivity contribution is -0.150. The second-order valence-electron chi connectivity index (χ2n) is 11.2. The van der Waals surface area contributed by atoms with E-state index in [2.05, 4.69) is 15.6 Å². The molecule has 4 aromatic carbocycles. The van der Waals surface area contributed by atoms with Crippen LogP contribution >= 0.6 is 0 Å². The topological polar surface area (TPSA) is 136 Å². The summed E-state index contributed by atoms with van der Waals surface area (Å²) in [4.78, 5) is 55.9. The molecule has 1 heterocycles. The van der Waals surface area contributed by atoms with Crippen LogP contribution in [0.1, 0.15) is 35.1 Å². The first kappa shape index (κ1) is 33.5. The van der Waals surface area contributed by atoms with Crippen LogP contribution in [0.15, 0.2) is 121 Å². The highest BCUT2D eigenvalue weighted by Gasteiger charge is 2.30. The molecule has 246 valence electrons. The van der Waals surface area contributed by atoms with Gasteiger partial charge in [0.1, 0.15) is 31.9 Å². The standard InChI is InChI=1S/C38H37N3O7/c42-35(46-24-27-12-4-1-5-13-27)21-20-33(37(44)47-25-28-14-6-2-7-15-28)40-36(43)34(22-30-23-39-32-19-11-10-18-31(30)32)41-38(45)48-26-29-16-8-3-9-17-29/h1-19,23,33-34,39H,20-22,24-26H2,(H,40,43)(H,41,45)/t33-,34+/m1/s1. The molecule has 0 aliphatic heterocycles. The van der Waals surface area contributed by atoms with Crippen LogP contribution in [0.3, 0.4) is 0 Å². The number of carbonyl (C=O) groups excluding carboxylic acids is 4. The van der Waals surface area contributed by atoms with Crippen molar-refractivity contribution in [1.82, 2.24) is 15.6 Å². The lowest BCUT2D eigenvalue weighted by Crippen LogP contribution is -2.53. The number of amides is 2. The summed E-state index contributed by atoms with van der Waals surface area (Å²) in [6, 6.07) is 32.8. The fourth-order valence-electron chi connectivity index (χ4n) is 5.06. The normalized spacial score (nSPS) is 12.0. The zero-order valence-electron chi connectivity index (χ0n) is 26.3. The van der Waals surface area contributed by atoms with Gasteiger partial charge in [-0.3, -0.25) is 9.59 Å². The number of para-hydroxylation sites is 1. The number of aromatic nitrogens is 1. The van der Waals surface area contributed by atoms with Crippen molar-refractivity contribution in [2.45, 2.75) is 51.2 Å². The van der Waals surface area contributed by atoms with Crippen molar-refractivity contribution in [3.63, 3.8) is 0 Å². The maximum absolute atomic E-state index is 13.8. The molecule has 10 nitrogen and oxygen atoms in total. The highest BCUT2D eigenvalue weighted by molar-refractivity contribution is 5.91. The van der Waals surface area contributed by atoms with Gasteiger partial charge in [-0.15, -0.1) is 0 Å². The minimum atomic E-state index is -1.20. The van der Waals surface area contributed by atoms with Crippen LogP contribution in [0.2, 0.25) is 0 Å². The Morgan fingerprint density at radius 1 is 0.604 bits per heavy atom. The number of H-pyrrole nitrogens is 1. The molecule has 48 heavy (non-hydrogen) atoms. The molecule has 0 radical (unpaired) electrons. The van der Waals surface area contributed by atoms with Crippen molar-refractivity contribution in [2.75, 3.05) is 0 Å². The molecule has 10 heteroatoms. The minimum absolute atomic E-state index is 0.00757. The molecular weight excluding hydrogens is 610 g/mol. The van der Waals surface area contributed by atoms with Gasteiger partial charge in [0, 0.05) is 29.9 Å². The average Bonchev–Trinajstić information content (AvgIpc) is 3.54. The monoisotopic (exact) mass is 647 g/mol. The third kappa shape index (κ3) is 10.1. The first-order chi connectivity index (χ1) is 23.4. The van der Waals surface area contributed by atoms with Crippen molar-refractivity contribution in [2.24, 2.45) is 0 Å². The van der Waals surface area contributed by atoms with Gasteiger partial charge in [-0.25, -0.2) is 9.59 Å². The molecular formula is C38H37N3O7. The zero-order valence-corrected chi connectivity index (χ0v) is 26.3. The van der Waals surface area contributed by atoms with Gasteiger partial charge in [0.15, 0.2) is 0 Å². The summed E-state index contributed by atoms with van der Waals surface area (Å²) in [6.07, 6.45) is 0.840. The van der Waals surface area contributed by atoms with E-state index >= 15 is 0 Å². The van der Waals surface area contributed by atoms with Crippen LogP contribution in [0.4, 0.5) is 4.79 Å². The van der Waals surface area contributed by atoms with Crippen LogP contribution in [0.25, 0.3) is 10.9 Å². The molecule has 3 N–H and O–H groups in total. The number of nitrogens with one attached hydrogen (secondary N) is 3. The molecule has 5 aromatic rings. The van der Waals surface area contributed by atoms with Crippen LogP contribution in [0.5, 0.6) is 0 Å². The number of rotatable bonds is 15. The van der Waals surface area contributed by atoms with Gasteiger partial charge in [0.25, 0.3) is 0 Å². The first-order valence-corrected chi connectivity index (χ1v) is 15.7. The smallest absolute Gasteiger partial charge is 0.408 e. The molecule has 0 saturated carbocycles. The molecule has 0 saturated heterocycles. The van der Waals surface area contributed by atoms with Gasteiger partial charge >= 0.3 is 18.0 Å². The van der Waals surface area contributed by atoms with E-state index in [0.717, 1.165) is 33.2 Å². The van der Waals surface area contributed by atoms with E-state index in [-0.39, 0.29) is 39.1 Å². The number of carbonyl (C=O) groups is 4. The van der Waals surface area contributed by atoms with Crippen molar-refractivity contribution in [1.29, 1.82) is 0 Å². The summed E-state index contributed by atoms with van der Waals surface area (Å²) in [5.74, 6) is -1.90. The number of ether oxygens (including phenoxy) is 3. The molecule has 5 rings (SSSR count). The summed E-state index contributed by atoms with van der Waals surface area (Å²) in [5, 5.41) is 6.27. The molecule has 0 aliphatic rings. The van der Waals surface area contributed by atoms with E-state index in [0.29, 0.717) is 0 Å². The number of aromatic amines is 1. The van der Waals surface area contributed by atoms with E-state index in [4.69, 9.17) is 14.2 Å². The van der Waals surface area contributed by atoms with Crippen molar-refractivity contribution in [3.8, 4) is 0 Å². The molecule has 0 unspecified atom stereocenters. The summed E-state index contributed by atoms with van der Waals surface area (Å²) >= 11 is 0. The number of fused-ring (bicyclic) bond motifs is 1. The number of benzene rings is 4. The maximum Gasteiger partial charge on any atom is 0.408 e. The highest BCUT2D eigenvalue weighted by Crippen LogP contribution is 2.20. The largest absolute Gasteiger partial charge is 0.461 e. The van der Waals surface area contributed by atoms with Crippen LogP contribution in [-0.4, -0.2) is 41.0 Å². The highest BCUT2D eigenvalue weighted by atomic mass is 16.6. The average molecular weight is 648 g/mol. The SMILES string of the molecule is O=C(CC[C@@H](NC(=O)[C@H](Cc1c[nH]c2ccccc12)NC(=O)OCc1ccccc1)C(=O)OCc1ccccc1)OCc1ccccc1. The molecule has 2 atom stereocenters. The Labute approximate surface area is 278 Å². The van der Waals surface area contributed by atoms with Crippen LogP contribution in [0, 0.1) is 0 Å². The number of esters is 2. The van der Waals surface area contributed by atoms with E-state index in [1.807, 2.05) is 115 Å². The van der Waals surface area contributed by atoms with E-state index in [1.165, 1.54) is 0 Å². The molecule has 1 aromatic heterocycles. The molecule has 0 fully saturated rings. The lowest BCUT2D eigenvalue weighted by atomic mass is 10.0. The summed E-state index contributed by atoms with van der Waals surface area (Å²) < 4.78 is 16.3. The Bertz CT molecular complexity index is 1790. The summed E-state index contributed by atoms with van der Waals surface area (Å²) in [6.45, 7) is 0.0673. The number of hydrogen-bond donors (Lipinski definition) is 3. The van der Waals surface area contributed by atoms with E-state index in [1.54, 1.807) is 6.20 Å². The Morgan fingerprint density at radius 2 is 1.15 bits per heavy atom. The Hall–Kier alpha value is -5.90.